The van der Waals surface area contributed by atoms with Gasteiger partial charge in [-0.05, 0) is 47.5 Å². The van der Waals surface area contributed by atoms with Gasteiger partial charge in [-0.3, -0.25) is 9.59 Å². The third-order valence-corrected chi connectivity index (χ3v) is 3.42. The molecule has 2 aromatic rings. The van der Waals surface area contributed by atoms with Crippen molar-refractivity contribution in [2.75, 3.05) is 11.9 Å². The minimum atomic E-state index is -0.138. The Balaban J connectivity index is 2.00. The normalized spacial score (nSPS) is 10.1. The molecule has 1 heterocycles. The van der Waals surface area contributed by atoms with E-state index in [1.165, 1.54) is 0 Å². The number of carbonyl (C=O) groups is 2. The molecule has 0 atom stereocenters. The van der Waals surface area contributed by atoms with E-state index in [-0.39, 0.29) is 11.8 Å². The third kappa shape index (κ3) is 3.93. The van der Waals surface area contributed by atoms with Crippen LogP contribution >= 0.6 is 11.3 Å². The minimum absolute atomic E-state index is 0.0866. The summed E-state index contributed by atoms with van der Waals surface area (Å²) in [4.78, 5) is 23.6. The largest absolute Gasteiger partial charge is 0.352 e. The van der Waals surface area contributed by atoms with Gasteiger partial charge in [0.2, 0.25) is 5.91 Å². The lowest BCUT2D eigenvalue weighted by Gasteiger charge is -2.07. The number of rotatable bonds is 5. The highest BCUT2D eigenvalue weighted by Gasteiger charge is 2.07. The van der Waals surface area contributed by atoms with Crippen LogP contribution in [0, 0.1) is 0 Å². The fraction of sp³-hybridized carbons (Fsp3) is 0.200. The van der Waals surface area contributed by atoms with Crippen LogP contribution in [0.2, 0.25) is 0 Å². The highest BCUT2D eigenvalue weighted by atomic mass is 32.1. The number of hydrogen-bond acceptors (Lipinski definition) is 3. The van der Waals surface area contributed by atoms with E-state index in [2.05, 4.69) is 10.6 Å². The van der Waals surface area contributed by atoms with Gasteiger partial charge in [-0.25, -0.2) is 0 Å². The number of hydrogen-bond donors (Lipinski definition) is 2. The topological polar surface area (TPSA) is 58.2 Å². The highest BCUT2D eigenvalue weighted by molar-refractivity contribution is 7.08. The van der Waals surface area contributed by atoms with Crippen LogP contribution in [0.5, 0.6) is 0 Å². The molecule has 4 nitrogen and oxygen atoms in total. The van der Waals surface area contributed by atoms with Gasteiger partial charge in [-0.2, -0.15) is 11.3 Å². The maximum Gasteiger partial charge on any atom is 0.251 e. The van der Waals surface area contributed by atoms with Crippen LogP contribution in [0.25, 0.3) is 0 Å². The van der Waals surface area contributed by atoms with Crippen molar-refractivity contribution in [1.29, 1.82) is 0 Å². The highest BCUT2D eigenvalue weighted by Crippen LogP contribution is 2.12. The molecule has 0 bridgehead atoms. The van der Waals surface area contributed by atoms with Gasteiger partial charge in [0.05, 0.1) is 6.42 Å². The molecule has 1 aromatic heterocycles. The smallest absolute Gasteiger partial charge is 0.251 e. The molecule has 2 N–H and O–H groups in total. The van der Waals surface area contributed by atoms with E-state index < -0.39 is 0 Å². The number of carbonyl (C=O) groups excluding carboxylic acids is 2. The van der Waals surface area contributed by atoms with Crippen LogP contribution in [0.4, 0.5) is 5.69 Å². The van der Waals surface area contributed by atoms with Gasteiger partial charge >= 0.3 is 0 Å². The van der Waals surface area contributed by atoms with Gasteiger partial charge in [0, 0.05) is 17.8 Å². The molecule has 20 heavy (non-hydrogen) atoms. The predicted molar refractivity (Wildman–Crippen MR) is 81.1 cm³/mol. The molecule has 2 rings (SSSR count). The average Bonchev–Trinajstić information content (AvgIpc) is 2.92. The molecule has 0 unspecified atom stereocenters. The number of benzene rings is 1. The van der Waals surface area contributed by atoms with Crippen molar-refractivity contribution in [3.63, 3.8) is 0 Å². The molecule has 0 saturated carbocycles. The zero-order valence-corrected chi connectivity index (χ0v) is 12.0. The number of nitrogens with one attached hydrogen (secondary N) is 2. The minimum Gasteiger partial charge on any atom is -0.352 e. The monoisotopic (exact) mass is 288 g/mol. The molecule has 0 aliphatic heterocycles. The quantitative estimate of drug-likeness (QED) is 0.888. The Kier molecular flexibility index (Phi) is 4.90. The van der Waals surface area contributed by atoms with Crippen molar-refractivity contribution in [3.8, 4) is 0 Å². The molecule has 2 amide bonds. The van der Waals surface area contributed by atoms with Crippen molar-refractivity contribution in [2.45, 2.75) is 13.3 Å². The molecule has 5 heteroatoms. The first kappa shape index (κ1) is 14.3. The van der Waals surface area contributed by atoms with E-state index in [4.69, 9.17) is 0 Å². The Morgan fingerprint density at radius 2 is 2.10 bits per heavy atom. The summed E-state index contributed by atoms with van der Waals surface area (Å²) in [6, 6.07) is 8.85. The first-order chi connectivity index (χ1) is 9.69. The molecule has 104 valence electrons. The molecule has 0 spiro atoms. The summed E-state index contributed by atoms with van der Waals surface area (Å²) in [6.45, 7) is 2.44. The summed E-state index contributed by atoms with van der Waals surface area (Å²) in [5.41, 5.74) is 2.17. The van der Waals surface area contributed by atoms with Gasteiger partial charge in [0.1, 0.15) is 0 Å². The van der Waals surface area contributed by atoms with Crippen molar-refractivity contribution in [1.82, 2.24) is 5.32 Å². The summed E-state index contributed by atoms with van der Waals surface area (Å²) < 4.78 is 0. The zero-order valence-electron chi connectivity index (χ0n) is 11.2. The van der Waals surface area contributed by atoms with Crippen molar-refractivity contribution in [3.05, 3.63) is 52.2 Å². The molecular weight excluding hydrogens is 272 g/mol. The van der Waals surface area contributed by atoms with Gasteiger partial charge in [0.15, 0.2) is 0 Å². The van der Waals surface area contributed by atoms with Crippen LogP contribution in [0.3, 0.4) is 0 Å². The van der Waals surface area contributed by atoms with Crippen LogP contribution in [-0.4, -0.2) is 18.4 Å². The standard InChI is InChI=1S/C15H16N2O2S/c1-2-16-15(19)12-4-3-5-13(9-12)17-14(18)8-11-6-7-20-10-11/h3-7,9-10H,2,8H2,1H3,(H,16,19)(H,17,18). The number of anilines is 1. The third-order valence-electron chi connectivity index (χ3n) is 2.69. The van der Waals surface area contributed by atoms with Crippen LogP contribution < -0.4 is 10.6 Å². The molecule has 0 aliphatic carbocycles. The van der Waals surface area contributed by atoms with E-state index in [9.17, 15) is 9.59 Å². The lowest BCUT2D eigenvalue weighted by atomic mass is 10.1. The molecule has 0 fully saturated rings. The predicted octanol–water partition coefficient (Wildman–Crippen LogP) is 2.68. The lowest BCUT2D eigenvalue weighted by molar-refractivity contribution is -0.115. The molecule has 0 aliphatic rings. The zero-order chi connectivity index (χ0) is 14.4. The lowest BCUT2D eigenvalue weighted by Crippen LogP contribution is -2.23. The second-order valence-electron chi connectivity index (χ2n) is 4.30. The van der Waals surface area contributed by atoms with Crippen molar-refractivity contribution in [2.24, 2.45) is 0 Å². The summed E-state index contributed by atoms with van der Waals surface area (Å²) in [6.07, 6.45) is 0.342. The Morgan fingerprint density at radius 1 is 1.25 bits per heavy atom. The average molecular weight is 288 g/mol. The van der Waals surface area contributed by atoms with Gasteiger partial charge in [-0.15, -0.1) is 0 Å². The van der Waals surface area contributed by atoms with Crippen LogP contribution in [-0.2, 0) is 11.2 Å². The van der Waals surface area contributed by atoms with Gasteiger partial charge in [-0.1, -0.05) is 6.07 Å². The Bertz CT molecular complexity index is 594. The van der Waals surface area contributed by atoms with Gasteiger partial charge < -0.3 is 10.6 Å². The summed E-state index contributed by atoms with van der Waals surface area (Å²) in [5, 5.41) is 9.42. The van der Waals surface area contributed by atoms with Crippen molar-refractivity contribution < 1.29 is 9.59 Å². The Labute approximate surface area is 121 Å². The summed E-state index contributed by atoms with van der Waals surface area (Å²) >= 11 is 1.57. The van der Waals surface area contributed by atoms with E-state index in [0.717, 1.165) is 5.56 Å². The van der Waals surface area contributed by atoms with Crippen LogP contribution in [0.1, 0.15) is 22.8 Å². The van der Waals surface area contributed by atoms with E-state index >= 15 is 0 Å². The molecule has 1 aromatic carbocycles. The van der Waals surface area contributed by atoms with Crippen LogP contribution in [0.15, 0.2) is 41.1 Å². The second kappa shape index (κ2) is 6.86. The van der Waals surface area contributed by atoms with E-state index in [1.54, 1.807) is 35.6 Å². The van der Waals surface area contributed by atoms with Gasteiger partial charge in [0.25, 0.3) is 5.91 Å². The maximum atomic E-state index is 11.9. The summed E-state index contributed by atoms with van der Waals surface area (Å²) in [7, 11) is 0. The number of amides is 2. The second-order valence-corrected chi connectivity index (χ2v) is 5.08. The fourth-order valence-electron chi connectivity index (χ4n) is 1.78. The van der Waals surface area contributed by atoms with E-state index in [0.29, 0.717) is 24.2 Å². The SMILES string of the molecule is CCNC(=O)c1cccc(NC(=O)Cc2ccsc2)c1. The Morgan fingerprint density at radius 3 is 2.80 bits per heavy atom. The number of thiophene rings is 1. The summed E-state index contributed by atoms with van der Waals surface area (Å²) in [5.74, 6) is -0.224. The van der Waals surface area contributed by atoms with Crippen molar-refractivity contribution >= 4 is 28.8 Å². The Hall–Kier alpha value is -2.14. The molecule has 0 saturated heterocycles. The first-order valence-corrected chi connectivity index (χ1v) is 7.32. The fourth-order valence-corrected chi connectivity index (χ4v) is 2.45. The first-order valence-electron chi connectivity index (χ1n) is 6.38. The molecular formula is C15H16N2O2S. The molecule has 0 radical (unpaired) electrons. The van der Waals surface area contributed by atoms with E-state index in [1.807, 2.05) is 23.8 Å². The maximum absolute atomic E-state index is 11.9.